The Hall–Kier alpha value is -0.980. The molecule has 0 radical (unpaired) electrons. The van der Waals surface area contributed by atoms with Crippen molar-refractivity contribution in [2.45, 2.75) is 26.7 Å². The molecule has 0 aromatic rings. The summed E-state index contributed by atoms with van der Waals surface area (Å²) in [7, 11) is 0. The van der Waals surface area contributed by atoms with Crippen LogP contribution in [0, 0.1) is 0 Å². The molecule has 1 aliphatic heterocycles. The number of ether oxygens (including phenoxy) is 1. The summed E-state index contributed by atoms with van der Waals surface area (Å²) >= 11 is 0. The Morgan fingerprint density at radius 3 is 2.73 bits per heavy atom. The van der Waals surface area contributed by atoms with E-state index in [0.29, 0.717) is 0 Å². The molecule has 1 heteroatoms. The van der Waals surface area contributed by atoms with Gasteiger partial charge >= 0.3 is 0 Å². The van der Waals surface area contributed by atoms with E-state index in [1.54, 1.807) is 6.26 Å². The Balaban J connectivity index is 2.16. The van der Waals surface area contributed by atoms with Crippen LogP contribution in [-0.4, -0.2) is 0 Å². The van der Waals surface area contributed by atoms with Crippen molar-refractivity contribution >= 4 is 0 Å². The molecule has 0 aromatic carbocycles. The summed E-state index contributed by atoms with van der Waals surface area (Å²) in [5.41, 5.74) is 2.48. The summed E-state index contributed by atoms with van der Waals surface area (Å²) in [6.07, 6.45) is 6.04. The molecular weight excluding hydrogens is 136 g/mol. The fourth-order valence-corrected chi connectivity index (χ4v) is 0.854. The summed E-state index contributed by atoms with van der Waals surface area (Å²) in [4.78, 5) is 0. The number of rotatable bonds is 4. The minimum atomic E-state index is 0.979. The molecule has 11 heavy (non-hydrogen) atoms. The average Bonchev–Trinajstić information content (AvgIpc) is 2.66. The van der Waals surface area contributed by atoms with Crippen LogP contribution in [-0.2, 0) is 4.74 Å². The van der Waals surface area contributed by atoms with E-state index in [4.69, 9.17) is 4.74 Å². The fraction of sp³-hybridized carbons (Fsp3) is 0.400. The van der Waals surface area contributed by atoms with E-state index >= 15 is 0 Å². The SMILES string of the molecule is C=C(CCC=C(C)C)C1=CO1. The third-order valence-corrected chi connectivity index (χ3v) is 1.58. The molecule has 0 aliphatic carbocycles. The molecule has 0 saturated carbocycles. The smallest absolute Gasteiger partial charge is 0.164 e. The molecule has 0 saturated heterocycles. The highest BCUT2D eigenvalue weighted by Gasteiger charge is 2.12. The summed E-state index contributed by atoms with van der Waals surface area (Å²) in [6, 6.07) is 0. The van der Waals surface area contributed by atoms with Crippen molar-refractivity contribution in [3.63, 3.8) is 0 Å². The molecule has 0 bridgehead atoms. The van der Waals surface area contributed by atoms with Crippen molar-refractivity contribution < 1.29 is 4.74 Å². The van der Waals surface area contributed by atoms with Crippen molar-refractivity contribution in [3.8, 4) is 0 Å². The summed E-state index contributed by atoms with van der Waals surface area (Å²) in [6.45, 7) is 8.10. The van der Waals surface area contributed by atoms with Crippen LogP contribution in [0.15, 0.2) is 35.8 Å². The van der Waals surface area contributed by atoms with Crippen molar-refractivity contribution in [1.29, 1.82) is 0 Å². The molecule has 0 atom stereocenters. The van der Waals surface area contributed by atoms with Crippen LogP contribution in [0.3, 0.4) is 0 Å². The van der Waals surface area contributed by atoms with Crippen LogP contribution in [0.25, 0.3) is 0 Å². The minimum Gasteiger partial charge on any atom is -0.458 e. The van der Waals surface area contributed by atoms with Crippen molar-refractivity contribution in [3.05, 3.63) is 35.8 Å². The lowest BCUT2D eigenvalue weighted by molar-refractivity contribution is 0.506. The summed E-state index contributed by atoms with van der Waals surface area (Å²) < 4.78 is 4.90. The first-order valence-electron chi connectivity index (χ1n) is 3.88. The lowest BCUT2D eigenvalue weighted by atomic mass is 10.1. The second-order valence-corrected chi connectivity index (χ2v) is 3.02. The van der Waals surface area contributed by atoms with Gasteiger partial charge in [0.1, 0.15) is 6.26 Å². The van der Waals surface area contributed by atoms with E-state index in [0.717, 1.165) is 24.2 Å². The predicted molar refractivity (Wildman–Crippen MR) is 47.0 cm³/mol. The zero-order chi connectivity index (χ0) is 8.27. The van der Waals surface area contributed by atoms with Crippen molar-refractivity contribution in [2.75, 3.05) is 0 Å². The monoisotopic (exact) mass is 150 g/mol. The maximum Gasteiger partial charge on any atom is 0.164 e. The molecule has 0 fully saturated rings. The Kier molecular flexibility index (Phi) is 2.53. The quantitative estimate of drug-likeness (QED) is 0.561. The van der Waals surface area contributed by atoms with E-state index in [9.17, 15) is 0 Å². The predicted octanol–water partition coefficient (Wildman–Crippen LogP) is 3.16. The molecule has 1 rings (SSSR count). The molecule has 0 N–H and O–H groups in total. The Bertz CT molecular complexity index is 217. The number of hydrogen-bond acceptors (Lipinski definition) is 1. The normalized spacial score (nSPS) is 13.1. The fourth-order valence-electron chi connectivity index (χ4n) is 0.854. The lowest BCUT2D eigenvalue weighted by Crippen LogP contribution is -1.78. The molecule has 0 unspecified atom stereocenters. The van der Waals surface area contributed by atoms with Gasteiger partial charge in [0, 0.05) is 0 Å². The lowest BCUT2D eigenvalue weighted by Gasteiger charge is -1.95. The van der Waals surface area contributed by atoms with E-state index in [2.05, 4.69) is 26.5 Å². The van der Waals surface area contributed by atoms with Gasteiger partial charge in [-0.3, -0.25) is 0 Å². The number of allylic oxidation sites excluding steroid dienone is 3. The number of hydrogen-bond donors (Lipinski definition) is 0. The Labute approximate surface area is 68.1 Å². The highest BCUT2D eigenvalue weighted by Crippen LogP contribution is 2.25. The molecule has 60 valence electrons. The van der Waals surface area contributed by atoms with Crippen LogP contribution in [0.4, 0.5) is 0 Å². The zero-order valence-electron chi connectivity index (χ0n) is 7.18. The van der Waals surface area contributed by atoms with Crippen molar-refractivity contribution in [2.24, 2.45) is 0 Å². The van der Waals surface area contributed by atoms with Crippen LogP contribution < -0.4 is 0 Å². The summed E-state index contributed by atoms with van der Waals surface area (Å²) in [5, 5.41) is 0. The highest BCUT2D eigenvalue weighted by atomic mass is 16.5. The second-order valence-electron chi connectivity index (χ2n) is 3.02. The van der Waals surface area contributed by atoms with E-state index in [1.807, 2.05) is 0 Å². The first kappa shape index (κ1) is 8.12. The molecule has 0 amide bonds. The molecule has 0 aromatic heterocycles. The molecule has 0 spiro atoms. The van der Waals surface area contributed by atoms with Gasteiger partial charge in [-0.2, -0.15) is 0 Å². The third kappa shape index (κ3) is 3.08. The average molecular weight is 150 g/mol. The molecule has 1 aliphatic rings. The maximum absolute atomic E-state index is 4.90. The molecule has 1 heterocycles. The van der Waals surface area contributed by atoms with Gasteiger partial charge in [0.25, 0.3) is 0 Å². The molecular formula is C10H14O. The van der Waals surface area contributed by atoms with Gasteiger partial charge in [-0.15, -0.1) is 0 Å². The summed E-state index contributed by atoms with van der Waals surface area (Å²) in [5.74, 6) is 0.979. The topological polar surface area (TPSA) is 12.5 Å². The van der Waals surface area contributed by atoms with Crippen LogP contribution >= 0.6 is 0 Å². The van der Waals surface area contributed by atoms with E-state index in [-0.39, 0.29) is 0 Å². The first-order valence-corrected chi connectivity index (χ1v) is 3.88. The largest absolute Gasteiger partial charge is 0.458 e. The van der Waals surface area contributed by atoms with E-state index < -0.39 is 0 Å². The highest BCUT2D eigenvalue weighted by molar-refractivity contribution is 5.29. The van der Waals surface area contributed by atoms with Crippen molar-refractivity contribution in [1.82, 2.24) is 0 Å². The van der Waals surface area contributed by atoms with Gasteiger partial charge < -0.3 is 4.74 Å². The third-order valence-electron chi connectivity index (χ3n) is 1.58. The van der Waals surface area contributed by atoms with Gasteiger partial charge in [-0.25, -0.2) is 0 Å². The Morgan fingerprint density at radius 1 is 1.64 bits per heavy atom. The minimum absolute atomic E-state index is 0.979. The second kappa shape index (κ2) is 3.42. The van der Waals surface area contributed by atoms with Crippen LogP contribution in [0.5, 0.6) is 0 Å². The first-order chi connectivity index (χ1) is 5.20. The van der Waals surface area contributed by atoms with Crippen LogP contribution in [0.2, 0.25) is 0 Å². The standard InChI is InChI=1S/C10H14O/c1-8(2)5-4-6-9(3)10-7-11-10/h5,7H,3-4,6H2,1-2H3. The Morgan fingerprint density at radius 2 is 2.27 bits per heavy atom. The van der Waals surface area contributed by atoms with Gasteiger partial charge in [-0.1, -0.05) is 18.2 Å². The van der Waals surface area contributed by atoms with Crippen LogP contribution in [0.1, 0.15) is 26.7 Å². The van der Waals surface area contributed by atoms with Gasteiger partial charge in [0.05, 0.1) is 0 Å². The van der Waals surface area contributed by atoms with Gasteiger partial charge in [-0.05, 0) is 32.3 Å². The molecule has 1 nitrogen and oxygen atoms in total. The van der Waals surface area contributed by atoms with Gasteiger partial charge in [0.2, 0.25) is 0 Å². The van der Waals surface area contributed by atoms with E-state index in [1.165, 1.54) is 5.57 Å². The maximum atomic E-state index is 4.90. The van der Waals surface area contributed by atoms with Gasteiger partial charge in [0.15, 0.2) is 5.76 Å². The zero-order valence-corrected chi connectivity index (χ0v) is 7.18.